The second-order valence-electron chi connectivity index (χ2n) is 4.44. The molecule has 2 N–H and O–H groups in total. The molecule has 5 heteroatoms. The van der Waals surface area contributed by atoms with Crippen LogP contribution in [0.1, 0.15) is 26.2 Å². The van der Waals surface area contributed by atoms with Gasteiger partial charge in [0.1, 0.15) is 5.54 Å². The number of piperidine rings is 1. The first kappa shape index (κ1) is 13.5. The van der Waals surface area contributed by atoms with Gasteiger partial charge in [-0.1, -0.05) is 5.92 Å². The minimum absolute atomic E-state index is 0.0878. The van der Waals surface area contributed by atoms with E-state index in [-0.39, 0.29) is 19.0 Å². The molecular formula is C12H18N2O3. The predicted molar refractivity (Wildman–Crippen MR) is 63.3 cm³/mol. The Bertz CT molecular complexity index is 348. The molecule has 17 heavy (non-hydrogen) atoms. The van der Waals surface area contributed by atoms with Crippen LogP contribution in [0.4, 0.5) is 0 Å². The molecule has 1 aliphatic heterocycles. The number of nitrogens with one attached hydrogen (secondary N) is 1. The normalized spacial score (nSPS) is 24.9. The lowest BCUT2D eigenvalue weighted by molar-refractivity contribution is -0.153. The number of terminal acetylenes is 1. The van der Waals surface area contributed by atoms with Crippen LogP contribution in [-0.4, -0.2) is 47.1 Å². The second-order valence-corrected chi connectivity index (χ2v) is 4.44. The minimum Gasteiger partial charge on any atom is -0.480 e. The average Bonchev–Trinajstić information content (AvgIpc) is 2.29. The van der Waals surface area contributed by atoms with Gasteiger partial charge in [-0.15, -0.1) is 6.42 Å². The van der Waals surface area contributed by atoms with Gasteiger partial charge in [-0.25, -0.2) is 0 Å². The highest BCUT2D eigenvalue weighted by Gasteiger charge is 2.41. The zero-order valence-electron chi connectivity index (χ0n) is 10.0. The molecule has 1 aliphatic rings. The third-order valence-corrected chi connectivity index (χ3v) is 3.22. The Morgan fingerprint density at radius 3 is 2.82 bits per heavy atom. The Morgan fingerprint density at radius 1 is 1.53 bits per heavy atom. The van der Waals surface area contributed by atoms with E-state index in [4.69, 9.17) is 6.42 Å². The molecule has 0 saturated carbocycles. The average molecular weight is 238 g/mol. The number of carboxylic acid groups (broad SMARTS) is 1. The number of hydrogen-bond donors (Lipinski definition) is 2. The number of hydrogen-bond acceptors (Lipinski definition) is 3. The van der Waals surface area contributed by atoms with Crippen molar-refractivity contribution < 1.29 is 14.7 Å². The van der Waals surface area contributed by atoms with Crippen LogP contribution in [0.3, 0.4) is 0 Å². The van der Waals surface area contributed by atoms with E-state index in [1.54, 1.807) is 11.8 Å². The van der Waals surface area contributed by atoms with Gasteiger partial charge in [0.25, 0.3) is 0 Å². The molecule has 0 radical (unpaired) electrons. The summed E-state index contributed by atoms with van der Waals surface area (Å²) >= 11 is 0. The lowest BCUT2D eigenvalue weighted by atomic mass is 9.88. The summed E-state index contributed by atoms with van der Waals surface area (Å²) in [5, 5.41) is 11.8. The molecule has 0 aliphatic carbocycles. The Morgan fingerprint density at radius 2 is 2.24 bits per heavy atom. The lowest BCUT2D eigenvalue weighted by Crippen LogP contribution is -2.57. The molecule has 0 aromatic rings. The van der Waals surface area contributed by atoms with E-state index in [9.17, 15) is 14.7 Å². The van der Waals surface area contributed by atoms with Crippen LogP contribution in [0.15, 0.2) is 0 Å². The third kappa shape index (κ3) is 3.21. The Hall–Kier alpha value is -1.54. The summed E-state index contributed by atoms with van der Waals surface area (Å²) in [5.41, 5.74) is -0.939. The molecule has 94 valence electrons. The molecule has 5 nitrogen and oxygen atoms in total. The van der Waals surface area contributed by atoms with Crippen molar-refractivity contribution in [1.29, 1.82) is 0 Å². The van der Waals surface area contributed by atoms with Crippen molar-refractivity contribution >= 4 is 11.9 Å². The van der Waals surface area contributed by atoms with Crippen LogP contribution >= 0.6 is 0 Å². The maximum Gasteiger partial charge on any atom is 0.323 e. The van der Waals surface area contributed by atoms with E-state index >= 15 is 0 Å². The molecule has 1 fully saturated rings. The van der Waals surface area contributed by atoms with Gasteiger partial charge in [0.2, 0.25) is 5.91 Å². The van der Waals surface area contributed by atoms with Gasteiger partial charge in [0.05, 0.1) is 13.1 Å². The van der Waals surface area contributed by atoms with Crippen molar-refractivity contribution in [3.05, 3.63) is 0 Å². The number of likely N-dealkylation sites (tertiary alicyclic amines) is 1. The zero-order valence-corrected chi connectivity index (χ0v) is 10.0. The number of rotatable bonds is 4. The van der Waals surface area contributed by atoms with Crippen LogP contribution < -0.4 is 5.32 Å². The molecular weight excluding hydrogens is 220 g/mol. The maximum atomic E-state index is 11.5. The van der Waals surface area contributed by atoms with Gasteiger partial charge in [0, 0.05) is 0 Å². The van der Waals surface area contributed by atoms with Crippen molar-refractivity contribution in [2.24, 2.45) is 0 Å². The molecule has 0 bridgehead atoms. The van der Waals surface area contributed by atoms with Gasteiger partial charge in [-0.2, -0.15) is 0 Å². The standard InChI is InChI=1S/C12H18N2O3/c1-3-7-13-10(15)9-14-8-5-4-6-12(14,2)11(16)17/h1H,4-9H2,2H3,(H,13,15)(H,16,17). The van der Waals surface area contributed by atoms with Crippen molar-refractivity contribution in [1.82, 2.24) is 10.2 Å². The summed E-state index contributed by atoms with van der Waals surface area (Å²) in [5.74, 6) is 1.21. The minimum atomic E-state index is -0.939. The topological polar surface area (TPSA) is 69.6 Å². The summed E-state index contributed by atoms with van der Waals surface area (Å²) in [4.78, 5) is 24.5. The number of nitrogens with zero attached hydrogens (tertiary/aromatic N) is 1. The zero-order chi connectivity index (χ0) is 12.9. The molecule has 1 amide bonds. The Labute approximate surface area is 101 Å². The van der Waals surface area contributed by atoms with Gasteiger partial charge in [-0.3, -0.25) is 14.5 Å². The van der Waals surface area contributed by atoms with Crippen molar-refractivity contribution in [2.75, 3.05) is 19.6 Å². The van der Waals surface area contributed by atoms with Gasteiger partial charge < -0.3 is 10.4 Å². The molecule has 0 aromatic carbocycles. The fourth-order valence-corrected chi connectivity index (χ4v) is 2.05. The van der Waals surface area contributed by atoms with Crippen molar-refractivity contribution in [2.45, 2.75) is 31.7 Å². The number of carboxylic acids is 1. The van der Waals surface area contributed by atoms with E-state index in [1.807, 2.05) is 0 Å². The molecule has 0 spiro atoms. The summed E-state index contributed by atoms with van der Waals surface area (Å²) in [7, 11) is 0. The molecule has 0 aromatic heterocycles. The molecule has 1 rings (SSSR count). The van der Waals surface area contributed by atoms with Crippen LogP contribution in [0, 0.1) is 12.3 Å². The Kier molecular flexibility index (Phi) is 4.53. The van der Waals surface area contributed by atoms with Crippen LogP contribution in [0.2, 0.25) is 0 Å². The quantitative estimate of drug-likeness (QED) is 0.680. The van der Waals surface area contributed by atoms with Crippen LogP contribution in [0.5, 0.6) is 0 Å². The first-order valence-corrected chi connectivity index (χ1v) is 5.69. The lowest BCUT2D eigenvalue weighted by Gasteiger charge is -2.41. The van der Waals surface area contributed by atoms with E-state index in [0.717, 1.165) is 12.8 Å². The number of aliphatic carboxylic acids is 1. The summed E-state index contributed by atoms with van der Waals surface area (Å²) < 4.78 is 0. The highest BCUT2D eigenvalue weighted by Crippen LogP contribution is 2.27. The smallest absolute Gasteiger partial charge is 0.323 e. The SMILES string of the molecule is C#CCNC(=O)CN1CCCCC1(C)C(=O)O. The van der Waals surface area contributed by atoms with E-state index in [1.165, 1.54) is 0 Å². The third-order valence-electron chi connectivity index (χ3n) is 3.22. The highest BCUT2D eigenvalue weighted by molar-refractivity contribution is 5.82. The molecule has 1 heterocycles. The van der Waals surface area contributed by atoms with Gasteiger partial charge in [-0.05, 0) is 32.7 Å². The highest BCUT2D eigenvalue weighted by atomic mass is 16.4. The summed E-state index contributed by atoms with van der Waals surface area (Å²) in [6.07, 6.45) is 7.42. The molecule has 1 saturated heterocycles. The van der Waals surface area contributed by atoms with Crippen molar-refractivity contribution in [3.8, 4) is 12.3 Å². The largest absolute Gasteiger partial charge is 0.480 e. The number of carbonyl (C=O) groups is 2. The first-order chi connectivity index (χ1) is 8.00. The van der Waals surface area contributed by atoms with Gasteiger partial charge >= 0.3 is 5.97 Å². The fourth-order valence-electron chi connectivity index (χ4n) is 2.05. The number of amides is 1. The monoisotopic (exact) mass is 238 g/mol. The van der Waals surface area contributed by atoms with E-state index in [0.29, 0.717) is 13.0 Å². The Balaban J connectivity index is 2.64. The fraction of sp³-hybridized carbons (Fsp3) is 0.667. The maximum absolute atomic E-state index is 11.5. The summed E-state index contributed by atoms with van der Waals surface area (Å²) in [6.45, 7) is 2.57. The predicted octanol–water partition coefficient (Wildman–Crippen LogP) is 0.0650. The number of carbonyl (C=O) groups excluding carboxylic acids is 1. The van der Waals surface area contributed by atoms with Crippen molar-refractivity contribution in [3.63, 3.8) is 0 Å². The van der Waals surface area contributed by atoms with E-state index in [2.05, 4.69) is 11.2 Å². The van der Waals surface area contributed by atoms with Gasteiger partial charge in [0.15, 0.2) is 0 Å². The molecule has 1 unspecified atom stereocenters. The van der Waals surface area contributed by atoms with E-state index < -0.39 is 11.5 Å². The van der Waals surface area contributed by atoms with Crippen LogP contribution in [-0.2, 0) is 9.59 Å². The summed E-state index contributed by atoms with van der Waals surface area (Å²) in [6, 6.07) is 0. The van der Waals surface area contributed by atoms with Crippen LogP contribution in [0.25, 0.3) is 0 Å². The second kappa shape index (κ2) is 5.69. The molecule has 1 atom stereocenters. The first-order valence-electron chi connectivity index (χ1n) is 5.69.